The van der Waals surface area contributed by atoms with Gasteiger partial charge >= 0.3 is 5.76 Å². The first-order valence-electron chi connectivity index (χ1n) is 9.28. The zero-order valence-corrected chi connectivity index (χ0v) is 16.3. The van der Waals surface area contributed by atoms with E-state index in [1.54, 1.807) is 0 Å². The Morgan fingerprint density at radius 1 is 1.25 bits per heavy atom. The predicted octanol–water partition coefficient (Wildman–Crippen LogP) is 2.87. The van der Waals surface area contributed by atoms with Gasteiger partial charge < -0.3 is 24.7 Å². The van der Waals surface area contributed by atoms with Crippen molar-refractivity contribution in [3.05, 3.63) is 58.1 Å². The molecule has 0 saturated heterocycles. The van der Waals surface area contributed by atoms with Crippen molar-refractivity contribution in [1.29, 1.82) is 0 Å². The number of aromatic hydroxyl groups is 1. The van der Waals surface area contributed by atoms with Gasteiger partial charge in [0.15, 0.2) is 5.58 Å². The van der Waals surface area contributed by atoms with Crippen LogP contribution in [0.2, 0.25) is 0 Å². The summed E-state index contributed by atoms with van der Waals surface area (Å²) in [6.45, 7) is 6.91. The van der Waals surface area contributed by atoms with Gasteiger partial charge in [-0.05, 0) is 51.0 Å². The number of fused-ring (bicyclic) bond motifs is 1. The molecule has 7 heteroatoms. The highest BCUT2D eigenvalue weighted by Crippen LogP contribution is 2.28. The van der Waals surface area contributed by atoms with Crippen LogP contribution in [0.5, 0.6) is 11.5 Å². The molecular weight excluding hydrogens is 360 g/mol. The molecule has 1 unspecified atom stereocenters. The molecule has 1 heterocycles. The molecule has 4 N–H and O–H groups in total. The van der Waals surface area contributed by atoms with Gasteiger partial charge in [0.2, 0.25) is 0 Å². The molecular formula is C21H26N2O5. The molecule has 150 valence electrons. The second kappa shape index (κ2) is 8.08. The molecule has 2 aromatic carbocycles. The minimum atomic E-state index is -0.951. The minimum Gasteiger partial charge on any atom is -0.508 e. The maximum absolute atomic E-state index is 11.5. The van der Waals surface area contributed by atoms with E-state index in [2.05, 4.69) is 10.3 Å². The number of hydrogen-bond donors (Lipinski definition) is 4. The molecule has 7 nitrogen and oxygen atoms in total. The van der Waals surface area contributed by atoms with Gasteiger partial charge in [-0.15, -0.1) is 0 Å². The average molecular weight is 386 g/mol. The van der Waals surface area contributed by atoms with E-state index < -0.39 is 11.9 Å². The highest BCUT2D eigenvalue weighted by molar-refractivity contribution is 5.78. The third-order valence-electron chi connectivity index (χ3n) is 4.55. The second-order valence-corrected chi connectivity index (χ2v) is 7.46. The third-order valence-corrected chi connectivity index (χ3v) is 4.55. The van der Waals surface area contributed by atoms with Crippen LogP contribution in [0.25, 0.3) is 11.1 Å². The molecule has 1 atom stereocenters. The van der Waals surface area contributed by atoms with Crippen molar-refractivity contribution in [2.24, 2.45) is 0 Å². The van der Waals surface area contributed by atoms with E-state index >= 15 is 0 Å². The molecule has 0 aliphatic heterocycles. The summed E-state index contributed by atoms with van der Waals surface area (Å²) in [5, 5.41) is 23.8. The van der Waals surface area contributed by atoms with Gasteiger partial charge in [0, 0.05) is 23.7 Å². The van der Waals surface area contributed by atoms with Crippen molar-refractivity contribution in [2.75, 3.05) is 13.2 Å². The first-order valence-corrected chi connectivity index (χ1v) is 9.28. The fourth-order valence-corrected chi connectivity index (χ4v) is 3.24. The largest absolute Gasteiger partial charge is 0.508 e. The Morgan fingerprint density at radius 2 is 1.96 bits per heavy atom. The van der Waals surface area contributed by atoms with Crippen LogP contribution in [0.4, 0.5) is 0 Å². The number of nitrogens with one attached hydrogen (secondary N) is 2. The van der Waals surface area contributed by atoms with Gasteiger partial charge in [-0.25, -0.2) is 4.79 Å². The summed E-state index contributed by atoms with van der Waals surface area (Å²) in [5.74, 6) is 0.165. The normalized spacial score (nSPS) is 13.0. The molecule has 28 heavy (non-hydrogen) atoms. The number of aromatic nitrogens is 1. The molecule has 3 aromatic rings. The van der Waals surface area contributed by atoms with E-state index in [9.17, 15) is 15.0 Å². The number of β-amino-alcohol motifs (C(OH)–C–C–N with tert-alkyl or cyclic N) is 1. The number of phenolic OH excluding ortho intramolecular Hbond substituents is 1. The molecule has 0 bridgehead atoms. The summed E-state index contributed by atoms with van der Waals surface area (Å²) in [4.78, 5) is 13.9. The molecule has 0 spiro atoms. The zero-order valence-electron chi connectivity index (χ0n) is 16.3. The van der Waals surface area contributed by atoms with Crippen molar-refractivity contribution in [2.45, 2.75) is 38.8 Å². The van der Waals surface area contributed by atoms with Gasteiger partial charge in [-0.3, -0.25) is 4.98 Å². The van der Waals surface area contributed by atoms with Crippen LogP contribution in [-0.4, -0.2) is 33.9 Å². The topological polar surface area (TPSA) is 108 Å². The fourth-order valence-electron chi connectivity index (χ4n) is 3.24. The summed E-state index contributed by atoms with van der Waals surface area (Å²) >= 11 is 0. The van der Waals surface area contributed by atoms with Gasteiger partial charge in [0.05, 0.1) is 18.2 Å². The first kappa shape index (κ1) is 20.0. The minimum absolute atomic E-state index is 0.0488. The summed E-state index contributed by atoms with van der Waals surface area (Å²) in [7, 11) is 0. The first-order chi connectivity index (χ1) is 13.3. The number of aromatic amines is 1. The van der Waals surface area contributed by atoms with E-state index in [0.29, 0.717) is 17.7 Å². The second-order valence-electron chi connectivity index (χ2n) is 7.46. The monoisotopic (exact) mass is 386 g/mol. The zero-order chi connectivity index (χ0) is 20.3. The summed E-state index contributed by atoms with van der Waals surface area (Å²) in [6, 6.07) is 10.7. The Kier molecular flexibility index (Phi) is 5.76. The number of oxazole rings is 1. The third kappa shape index (κ3) is 4.74. The van der Waals surface area contributed by atoms with Gasteiger partial charge in [0.1, 0.15) is 11.5 Å². The lowest BCUT2D eigenvalue weighted by atomic mass is 9.94. The van der Waals surface area contributed by atoms with Crippen LogP contribution >= 0.6 is 0 Å². The maximum atomic E-state index is 11.5. The number of H-pyrrole nitrogens is 1. The van der Waals surface area contributed by atoms with Gasteiger partial charge in [-0.2, -0.15) is 0 Å². The number of rotatable bonds is 8. The van der Waals surface area contributed by atoms with Gasteiger partial charge in [-0.1, -0.05) is 12.1 Å². The quantitative estimate of drug-likeness (QED) is 0.474. The lowest BCUT2D eigenvalue weighted by molar-refractivity contribution is 0.160. The van der Waals surface area contributed by atoms with E-state index in [-0.39, 0.29) is 23.4 Å². The van der Waals surface area contributed by atoms with Crippen LogP contribution in [0.3, 0.4) is 0 Å². The maximum Gasteiger partial charge on any atom is 0.417 e. The molecule has 0 radical (unpaired) electrons. The predicted molar refractivity (Wildman–Crippen MR) is 107 cm³/mol. The molecule has 1 aromatic heterocycles. The van der Waals surface area contributed by atoms with Gasteiger partial charge in [0.25, 0.3) is 0 Å². The smallest absolute Gasteiger partial charge is 0.417 e. The average Bonchev–Trinajstić information content (AvgIpc) is 3.00. The summed E-state index contributed by atoms with van der Waals surface area (Å²) < 4.78 is 10.6. The Balaban J connectivity index is 1.67. The van der Waals surface area contributed by atoms with E-state index in [4.69, 9.17) is 9.15 Å². The van der Waals surface area contributed by atoms with Crippen molar-refractivity contribution in [3.8, 4) is 11.5 Å². The van der Waals surface area contributed by atoms with Crippen LogP contribution in [0, 0.1) is 0 Å². The highest BCUT2D eigenvalue weighted by Gasteiger charge is 2.22. The van der Waals surface area contributed by atoms with Crippen LogP contribution in [0.15, 0.2) is 45.6 Å². The Bertz CT molecular complexity index is 988. The summed E-state index contributed by atoms with van der Waals surface area (Å²) in [5.41, 5.74) is 1.82. The number of phenols is 1. The van der Waals surface area contributed by atoms with Crippen molar-refractivity contribution >= 4 is 11.1 Å². The number of ether oxygens (including phenoxy) is 1. The molecule has 0 aliphatic carbocycles. The fraction of sp³-hybridized carbons (Fsp3) is 0.381. The summed E-state index contributed by atoms with van der Waals surface area (Å²) in [6.07, 6.45) is -0.200. The number of aliphatic hydroxyl groups is 1. The molecule has 0 saturated carbocycles. The SMILES string of the molecule is CCOc1ccc(CC(C)(C)NCC(O)c2cc(O)cc3[nH]c(=O)oc23)cc1. The number of hydrogen-bond acceptors (Lipinski definition) is 6. The van der Waals surface area contributed by atoms with Crippen LogP contribution < -0.4 is 15.8 Å². The van der Waals surface area contributed by atoms with E-state index in [0.717, 1.165) is 17.7 Å². The van der Waals surface area contributed by atoms with E-state index in [1.165, 1.54) is 12.1 Å². The highest BCUT2D eigenvalue weighted by atomic mass is 16.5. The Morgan fingerprint density at radius 3 is 2.64 bits per heavy atom. The van der Waals surface area contributed by atoms with Crippen molar-refractivity contribution in [1.82, 2.24) is 10.3 Å². The Labute approximate surface area is 163 Å². The molecule has 3 rings (SSSR count). The standard InChI is InChI=1S/C21H26N2O5/c1-4-27-15-7-5-13(6-8-15)11-21(2,3)22-12-18(25)16-9-14(24)10-17-19(16)28-20(26)23-17/h5-10,18,22,24-25H,4,11-12H2,1-3H3,(H,23,26). The molecule has 0 amide bonds. The lowest BCUT2D eigenvalue weighted by Gasteiger charge is -2.28. The molecule has 0 aliphatic rings. The number of benzene rings is 2. The molecule has 0 fully saturated rings. The number of aliphatic hydroxyl groups excluding tert-OH is 1. The van der Waals surface area contributed by atoms with Crippen molar-refractivity contribution < 1.29 is 19.4 Å². The van der Waals surface area contributed by atoms with Crippen LogP contribution in [-0.2, 0) is 6.42 Å². The van der Waals surface area contributed by atoms with Crippen LogP contribution in [0.1, 0.15) is 38.0 Å². The van der Waals surface area contributed by atoms with Crippen molar-refractivity contribution in [3.63, 3.8) is 0 Å². The Hall–Kier alpha value is -2.77. The lowest BCUT2D eigenvalue weighted by Crippen LogP contribution is -2.43. The van der Waals surface area contributed by atoms with E-state index in [1.807, 2.05) is 45.0 Å².